The van der Waals surface area contributed by atoms with E-state index in [0.29, 0.717) is 0 Å². The molecule has 3 nitrogen and oxygen atoms in total. The monoisotopic (exact) mass is 205 g/mol. The van der Waals surface area contributed by atoms with E-state index in [1.54, 1.807) is 6.20 Å². The molecule has 0 saturated carbocycles. The van der Waals surface area contributed by atoms with E-state index in [-0.39, 0.29) is 0 Å². The van der Waals surface area contributed by atoms with Gasteiger partial charge in [0.25, 0.3) is 0 Å². The van der Waals surface area contributed by atoms with Crippen molar-refractivity contribution in [2.75, 3.05) is 19.6 Å². The third-order valence-corrected chi connectivity index (χ3v) is 3.18. The highest BCUT2D eigenvalue weighted by Crippen LogP contribution is 2.19. The lowest BCUT2D eigenvalue weighted by molar-refractivity contribution is 0.181. The molecule has 1 unspecified atom stereocenters. The molecule has 0 bridgehead atoms. The van der Waals surface area contributed by atoms with Crippen molar-refractivity contribution in [2.24, 2.45) is 5.92 Å². The van der Waals surface area contributed by atoms with Crippen LogP contribution in [0.5, 0.6) is 0 Å². The Kier molecular flexibility index (Phi) is 3.67. The van der Waals surface area contributed by atoms with Crippen molar-refractivity contribution in [3.63, 3.8) is 0 Å². The van der Waals surface area contributed by atoms with Crippen LogP contribution in [-0.4, -0.2) is 34.7 Å². The summed E-state index contributed by atoms with van der Waals surface area (Å²) in [5.41, 5.74) is 1.14. The Balaban J connectivity index is 1.89. The Morgan fingerprint density at radius 3 is 3.20 bits per heavy atom. The van der Waals surface area contributed by atoms with Gasteiger partial charge in [0.15, 0.2) is 0 Å². The third kappa shape index (κ3) is 2.99. The van der Waals surface area contributed by atoms with E-state index in [9.17, 15) is 0 Å². The number of piperidine rings is 1. The summed E-state index contributed by atoms with van der Waals surface area (Å²) in [7, 11) is 0. The first kappa shape index (κ1) is 10.6. The van der Waals surface area contributed by atoms with Crippen molar-refractivity contribution in [3.05, 3.63) is 24.0 Å². The van der Waals surface area contributed by atoms with Crippen LogP contribution in [-0.2, 0) is 6.42 Å². The van der Waals surface area contributed by atoms with Gasteiger partial charge in [0.1, 0.15) is 0 Å². The molecule has 1 aliphatic heterocycles. The van der Waals surface area contributed by atoms with Crippen LogP contribution in [0.2, 0.25) is 0 Å². The van der Waals surface area contributed by atoms with Crippen molar-refractivity contribution in [2.45, 2.75) is 26.2 Å². The number of rotatable bonds is 3. The topological polar surface area (TPSA) is 29.0 Å². The van der Waals surface area contributed by atoms with Crippen molar-refractivity contribution < 1.29 is 0 Å². The van der Waals surface area contributed by atoms with Crippen LogP contribution in [0.3, 0.4) is 0 Å². The molecular formula is C12H19N3. The highest BCUT2D eigenvalue weighted by atomic mass is 15.1. The quantitative estimate of drug-likeness (QED) is 0.753. The lowest BCUT2D eigenvalue weighted by Crippen LogP contribution is -2.36. The standard InChI is InChI=1S/C12H19N3/c1-2-15-8-4-5-11(10-15)9-12-6-3-7-13-14-12/h3,6-7,11H,2,4-5,8-10H2,1H3. The molecule has 1 saturated heterocycles. The van der Waals surface area contributed by atoms with E-state index in [0.717, 1.165) is 18.0 Å². The molecule has 0 radical (unpaired) electrons. The first-order chi connectivity index (χ1) is 7.38. The molecule has 0 spiro atoms. The molecule has 1 aliphatic rings. The molecule has 1 fully saturated rings. The molecule has 15 heavy (non-hydrogen) atoms. The number of likely N-dealkylation sites (tertiary alicyclic amines) is 1. The minimum absolute atomic E-state index is 0.774. The lowest BCUT2D eigenvalue weighted by Gasteiger charge is -2.31. The summed E-state index contributed by atoms with van der Waals surface area (Å²) >= 11 is 0. The zero-order chi connectivity index (χ0) is 10.5. The average molecular weight is 205 g/mol. The summed E-state index contributed by atoms with van der Waals surface area (Å²) in [5.74, 6) is 0.774. The number of hydrogen-bond acceptors (Lipinski definition) is 3. The largest absolute Gasteiger partial charge is 0.303 e. The van der Waals surface area contributed by atoms with Gasteiger partial charge in [-0.1, -0.05) is 6.92 Å². The molecular weight excluding hydrogens is 186 g/mol. The smallest absolute Gasteiger partial charge is 0.0634 e. The number of aromatic nitrogens is 2. The van der Waals surface area contributed by atoms with Crippen LogP contribution in [0.1, 0.15) is 25.5 Å². The fraction of sp³-hybridized carbons (Fsp3) is 0.667. The third-order valence-electron chi connectivity index (χ3n) is 3.18. The summed E-state index contributed by atoms with van der Waals surface area (Å²) in [4.78, 5) is 2.53. The van der Waals surface area contributed by atoms with Gasteiger partial charge in [-0.2, -0.15) is 10.2 Å². The Morgan fingerprint density at radius 1 is 1.53 bits per heavy atom. The predicted octanol–water partition coefficient (Wildman–Crippen LogP) is 1.75. The second-order valence-corrected chi connectivity index (χ2v) is 4.32. The van der Waals surface area contributed by atoms with Crippen LogP contribution in [0, 0.1) is 5.92 Å². The van der Waals surface area contributed by atoms with Gasteiger partial charge in [0.2, 0.25) is 0 Å². The van der Waals surface area contributed by atoms with E-state index in [2.05, 4.69) is 28.1 Å². The van der Waals surface area contributed by atoms with Gasteiger partial charge in [-0.3, -0.25) is 0 Å². The molecule has 1 aromatic rings. The molecule has 1 atom stereocenters. The van der Waals surface area contributed by atoms with Crippen LogP contribution < -0.4 is 0 Å². The minimum atomic E-state index is 0.774. The van der Waals surface area contributed by atoms with Crippen LogP contribution in [0.25, 0.3) is 0 Å². The predicted molar refractivity (Wildman–Crippen MR) is 60.6 cm³/mol. The molecule has 0 aliphatic carbocycles. The van der Waals surface area contributed by atoms with E-state index >= 15 is 0 Å². The van der Waals surface area contributed by atoms with E-state index < -0.39 is 0 Å². The SMILES string of the molecule is CCN1CCCC(Cc2cccnn2)C1. The van der Waals surface area contributed by atoms with Crippen molar-refractivity contribution in [3.8, 4) is 0 Å². The molecule has 0 N–H and O–H groups in total. The Hall–Kier alpha value is -0.960. The maximum Gasteiger partial charge on any atom is 0.0634 e. The second-order valence-electron chi connectivity index (χ2n) is 4.32. The van der Waals surface area contributed by atoms with Gasteiger partial charge in [-0.15, -0.1) is 0 Å². The van der Waals surface area contributed by atoms with Gasteiger partial charge in [-0.25, -0.2) is 0 Å². The summed E-state index contributed by atoms with van der Waals surface area (Å²) in [5, 5.41) is 8.08. The molecule has 82 valence electrons. The van der Waals surface area contributed by atoms with Crippen LogP contribution in [0.4, 0.5) is 0 Å². The maximum atomic E-state index is 4.16. The average Bonchev–Trinajstić information content (AvgIpc) is 2.31. The second kappa shape index (κ2) is 5.21. The first-order valence-electron chi connectivity index (χ1n) is 5.87. The summed E-state index contributed by atoms with van der Waals surface area (Å²) in [6, 6.07) is 4.06. The van der Waals surface area contributed by atoms with Gasteiger partial charge < -0.3 is 4.90 Å². The summed E-state index contributed by atoms with van der Waals surface area (Å²) < 4.78 is 0. The van der Waals surface area contributed by atoms with Gasteiger partial charge >= 0.3 is 0 Å². The highest BCUT2D eigenvalue weighted by molar-refractivity contribution is 5.00. The van der Waals surface area contributed by atoms with Gasteiger partial charge in [-0.05, 0) is 50.4 Å². The fourth-order valence-electron chi connectivity index (χ4n) is 2.34. The first-order valence-corrected chi connectivity index (χ1v) is 5.87. The summed E-state index contributed by atoms with van der Waals surface area (Å²) in [6.07, 6.45) is 5.50. The molecule has 0 amide bonds. The van der Waals surface area contributed by atoms with E-state index in [1.807, 2.05) is 6.07 Å². The fourth-order valence-corrected chi connectivity index (χ4v) is 2.34. The normalized spacial score (nSPS) is 22.9. The van der Waals surface area contributed by atoms with Crippen molar-refractivity contribution in [1.29, 1.82) is 0 Å². The molecule has 3 heteroatoms. The zero-order valence-electron chi connectivity index (χ0n) is 9.39. The van der Waals surface area contributed by atoms with E-state index in [4.69, 9.17) is 0 Å². The molecule has 2 rings (SSSR count). The molecule has 2 heterocycles. The lowest BCUT2D eigenvalue weighted by atomic mass is 9.93. The molecule has 0 aromatic carbocycles. The number of hydrogen-bond donors (Lipinski definition) is 0. The minimum Gasteiger partial charge on any atom is -0.303 e. The highest BCUT2D eigenvalue weighted by Gasteiger charge is 2.19. The zero-order valence-corrected chi connectivity index (χ0v) is 9.39. The Bertz CT molecular complexity index is 286. The van der Waals surface area contributed by atoms with Crippen LogP contribution in [0.15, 0.2) is 18.3 Å². The van der Waals surface area contributed by atoms with Crippen molar-refractivity contribution in [1.82, 2.24) is 15.1 Å². The summed E-state index contributed by atoms with van der Waals surface area (Å²) in [6.45, 7) is 5.92. The Labute approximate surface area is 91.5 Å². The van der Waals surface area contributed by atoms with Crippen molar-refractivity contribution >= 4 is 0 Å². The maximum absolute atomic E-state index is 4.16. The molecule has 1 aromatic heterocycles. The van der Waals surface area contributed by atoms with E-state index in [1.165, 1.54) is 32.5 Å². The van der Waals surface area contributed by atoms with Gasteiger partial charge in [0.05, 0.1) is 5.69 Å². The Morgan fingerprint density at radius 2 is 2.47 bits per heavy atom. The van der Waals surface area contributed by atoms with Crippen LogP contribution >= 0.6 is 0 Å². The van der Waals surface area contributed by atoms with Gasteiger partial charge in [0, 0.05) is 12.7 Å². The number of nitrogens with zero attached hydrogens (tertiary/aromatic N) is 3.